The second-order valence-electron chi connectivity index (χ2n) is 25.4. The third-order valence-electron chi connectivity index (χ3n) is 15.0. The minimum Gasteiger partial charge on any atom is -0.466 e. The van der Waals surface area contributed by atoms with Gasteiger partial charge < -0.3 is 47.6 Å². The van der Waals surface area contributed by atoms with Crippen LogP contribution >= 0.6 is 0 Å². The van der Waals surface area contributed by atoms with Crippen molar-refractivity contribution in [3.05, 3.63) is 0 Å². The van der Waals surface area contributed by atoms with Gasteiger partial charge in [-0.15, -0.1) is 0 Å². The van der Waals surface area contributed by atoms with E-state index in [0.717, 1.165) is 206 Å². The molecule has 0 saturated carbocycles. The van der Waals surface area contributed by atoms with Gasteiger partial charge in [-0.3, -0.25) is 28.8 Å². The number of nitrogens with zero attached hydrogens (tertiary/aromatic N) is 2. The molecule has 4 unspecified atom stereocenters. The summed E-state index contributed by atoms with van der Waals surface area (Å²) in [7, 11) is 12.2. The second kappa shape index (κ2) is 53.2. The maximum Gasteiger partial charge on any atom is 0.306 e. The molecule has 0 rings (SSSR count). The predicted octanol–water partition coefficient (Wildman–Crippen LogP) is 13.5. The van der Waals surface area contributed by atoms with Crippen LogP contribution in [0.4, 0.5) is 0 Å². The van der Waals surface area contributed by atoms with E-state index in [4.69, 9.17) is 28.4 Å². The van der Waals surface area contributed by atoms with E-state index in [1.54, 1.807) is 0 Å². The Balaban J connectivity index is 3.80. The fourth-order valence-corrected chi connectivity index (χ4v) is 9.59. The van der Waals surface area contributed by atoms with Gasteiger partial charge in [0.2, 0.25) is 0 Å². The number of quaternary nitrogens is 2. The van der Waals surface area contributed by atoms with Crippen molar-refractivity contribution >= 4 is 35.8 Å². The Morgan fingerprint density at radius 3 is 0.841 bits per heavy atom. The van der Waals surface area contributed by atoms with Crippen LogP contribution in [0.5, 0.6) is 0 Å². The molecule has 0 saturated heterocycles. The van der Waals surface area contributed by atoms with E-state index in [1.807, 2.05) is 42.3 Å². The van der Waals surface area contributed by atoms with E-state index in [1.165, 1.54) is 0 Å². The van der Waals surface area contributed by atoms with Crippen LogP contribution in [0.3, 0.4) is 0 Å². The summed E-state index contributed by atoms with van der Waals surface area (Å²) in [4.78, 5) is 73.7. The molecular formula is C66H126N2O14+2. The number of ether oxygens (including phenoxy) is 6. The summed E-state index contributed by atoms with van der Waals surface area (Å²) in [6, 6.07) is 0. The van der Waals surface area contributed by atoms with E-state index in [9.17, 15) is 39.0 Å². The summed E-state index contributed by atoms with van der Waals surface area (Å²) in [5.74, 6) is -1.52. The first-order valence-electron chi connectivity index (χ1n) is 33.2. The topological polar surface area (TPSA) is 198 Å². The summed E-state index contributed by atoms with van der Waals surface area (Å²) in [5, 5.41) is 21.8. The molecule has 0 radical (unpaired) electrons. The smallest absolute Gasteiger partial charge is 0.306 e. The molecule has 16 heteroatoms. The number of aliphatic hydroxyl groups is 2. The summed E-state index contributed by atoms with van der Waals surface area (Å²) in [5.41, 5.74) is 0. The third kappa shape index (κ3) is 54.6. The monoisotopic (exact) mass is 1170 g/mol. The quantitative estimate of drug-likeness (QED) is 0.0252. The van der Waals surface area contributed by atoms with Crippen LogP contribution in [0.1, 0.15) is 284 Å². The number of carbonyl (C=O) groups is 6. The van der Waals surface area contributed by atoms with Crippen molar-refractivity contribution in [2.24, 2.45) is 0 Å². The fraction of sp³-hybridized carbons (Fsp3) is 0.909. The molecule has 0 heterocycles. The van der Waals surface area contributed by atoms with Crippen molar-refractivity contribution in [3.8, 4) is 0 Å². The van der Waals surface area contributed by atoms with E-state index >= 15 is 0 Å². The zero-order valence-electron chi connectivity index (χ0n) is 53.9. The van der Waals surface area contributed by atoms with Crippen LogP contribution in [-0.2, 0) is 57.2 Å². The minimum atomic E-state index is -0.685. The molecule has 0 aromatic heterocycles. The van der Waals surface area contributed by atoms with Crippen LogP contribution in [0.2, 0.25) is 0 Å². The molecule has 0 bridgehead atoms. The lowest BCUT2D eigenvalue weighted by Gasteiger charge is -2.23. The number of hydrogen-bond acceptors (Lipinski definition) is 14. The first-order chi connectivity index (χ1) is 39.3. The lowest BCUT2D eigenvalue weighted by molar-refractivity contribution is -0.870. The Morgan fingerprint density at radius 1 is 0.293 bits per heavy atom. The molecule has 0 amide bonds. The highest BCUT2D eigenvalue weighted by molar-refractivity contribution is 5.73. The predicted molar refractivity (Wildman–Crippen MR) is 327 cm³/mol. The van der Waals surface area contributed by atoms with Crippen molar-refractivity contribution in [3.63, 3.8) is 0 Å². The Morgan fingerprint density at radius 2 is 0.537 bits per heavy atom. The van der Waals surface area contributed by atoms with Crippen molar-refractivity contribution in [2.45, 2.75) is 308 Å². The number of hydrogen-bond donors (Lipinski definition) is 2. The van der Waals surface area contributed by atoms with Gasteiger partial charge in [-0.1, -0.05) is 168 Å². The van der Waals surface area contributed by atoms with Crippen molar-refractivity contribution in [2.75, 3.05) is 81.8 Å². The molecule has 4 atom stereocenters. The number of rotatable bonds is 59. The van der Waals surface area contributed by atoms with Gasteiger partial charge in [-0.2, -0.15) is 0 Å². The van der Waals surface area contributed by atoms with E-state index in [-0.39, 0.29) is 61.5 Å². The van der Waals surface area contributed by atoms with Crippen LogP contribution in [-0.4, -0.2) is 161 Å². The molecule has 0 aliphatic heterocycles. The van der Waals surface area contributed by atoms with Crippen LogP contribution < -0.4 is 0 Å². The van der Waals surface area contributed by atoms with Gasteiger partial charge in [0, 0.05) is 38.5 Å². The molecule has 0 spiro atoms. The summed E-state index contributed by atoms with van der Waals surface area (Å²) in [6.07, 6.45) is 33.3. The van der Waals surface area contributed by atoms with Gasteiger partial charge in [-0.05, 0) is 77.0 Å². The third-order valence-corrected chi connectivity index (χ3v) is 15.0. The average Bonchev–Trinajstić information content (AvgIpc) is 3.41. The number of unbranched alkanes of at least 4 members (excludes halogenated alkanes) is 25. The first-order valence-corrected chi connectivity index (χ1v) is 33.2. The maximum absolute atomic E-state index is 12.6. The van der Waals surface area contributed by atoms with Crippen LogP contribution in [0.15, 0.2) is 0 Å². The first kappa shape index (κ1) is 78.7. The Bertz CT molecular complexity index is 1470. The molecule has 0 aromatic rings. The summed E-state index contributed by atoms with van der Waals surface area (Å²) in [6.45, 7) is 7.40. The highest BCUT2D eigenvalue weighted by Gasteiger charge is 2.25. The van der Waals surface area contributed by atoms with Crippen LogP contribution in [0, 0.1) is 0 Å². The normalized spacial score (nSPS) is 13.2. The lowest BCUT2D eigenvalue weighted by atomic mass is 9.99. The molecule has 2 N–H and O–H groups in total. The number of aliphatic hydroxyl groups excluding tert-OH is 2. The SMILES string of the molecule is CCCCCC(OC(=O)CCCC(=O)OCC[N+](C)(C)C)C(O)CCCCCCCCCCC(=O)OCCCCCCCCCCOC(=O)CCCCCCCCCCC(O)C(CCCCC)OC(=O)CCCC(=O)OCC[N+](C)(C)C. The number of esters is 6. The molecule has 0 aliphatic carbocycles. The molecule has 16 nitrogen and oxygen atoms in total. The number of likely N-dealkylation sites (N-methyl/N-ethyl adjacent to an activating group) is 2. The Kier molecular flexibility index (Phi) is 51.0. The van der Waals surface area contributed by atoms with Crippen molar-refractivity contribution in [1.29, 1.82) is 0 Å². The van der Waals surface area contributed by atoms with E-state index in [0.29, 0.717) is 86.8 Å². The van der Waals surface area contributed by atoms with Gasteiger partial charge in [0.05, 0.1) is 67.7 Å². The minimum absolute atomic E-state index is 0.0961. The Labute approximate surface area is 500 Å². The molecule has 0 fully saturated rings. The molecule has 482 valence electrons. The van der Waals surface area contributed by atoms with Gasteiger partial charge in [-0.25, -0.2) is 0 Å². The Hall–Kier alpha value is -3.34. The van der Waals surface area contributed by atoms with Crippen molar-refractivity contribution in [1.82, 2.24) is 0 Å². The van der Waals surface area contributed by atoms with Gasteiger partial charge >= 0.3 is 35.8 Å². The van der Waals surface area contributed by atoms with E-state index in [2.05, 4.69) is 13.8 Å². The highest BCUT2D eigenvalue weighted by Crippen LogP contribution is 2.21. The van der Waals surface area contributed by atoms with E-state index < -0.39 is 24.4 Å². The molecule has 0 aliphatic rings. The zero-order chi connectivity index (χ0) is 61.0. The number of carbonyl (C=O) groups excluding carboxylic acids is 6. The van der Waals surface area contributed by atoms with Crippen LogP contribution in [0.25, 0.3) is 0 Å². The summed E-state index contributed by atoms with van der Waals surface area (Å²) >= 11 is 0. The lowest BCUT2D eigenvalue weighted by Crippen LogP contribution is -2.38. The van der Waals surface area contributed by atoms with Gasteiger partial charge in [0.15, 0.2) is 0 Å². The van der Waals surface area contributed by atoms with Gasteiger partial charge in [0.1, 0.15) is 38.5 Å². The average molecular weight is 1170 g/mol. The molecule has 82 heavy (non-hydrogen) atoms. The molecular weight excluding hydrogens is 1040 g/mol. The fourth-order valence-electron chi connectivity index (χ4n) is 9.59. The highest BCUT2D eigenvalue weighted by atomic mass is 16.6. The summed E-state index contributed by atoms with van der Waals surface area (Å²) < 4.78 is 34.4. The maximum atomic E-state index is 12.6. The zero-order valence-corrected chi connectivity index (χ0v) is 53.9. The van der Waals surface area contributed by atoms with Crippen molar-refractivity contribution < 1.29 is 76.4 Å². The second-order valence-corrected chi connectivity index (χ2v) is 25.4. The van der Waals surface area contributed by atoms with Gasteiger partial charge in [0.25, 0.3) is 0 Å². The largest absolute Gasteiger partial charge is 0.466 e. The standard InChI is InChI=1S/C66H126N2O14/c1-9-11-31-43-59(81-65(75)49-39-47-63(73)79-55-51-67(3,4)5)57(69)41-33-25-19-13-15-21-27-35-45-61(71)77-53-37-29-23-17-18-24-30-38-54-78-62(72)46-36-28-22-16-14-20-26-34-42-58(70)60(44-32-12-10-2)82-66(76)50-40-48-64(74)80-56-52-68(6,7)8/h57-60,69-70H,9-56H2,1-8H3/q+2. The molecule has 0 aromatic carbocycles.